The summed E-state index contributed by atoms with van der Waals surface area (Å²) in [6, 6.07) is 15.7. The van der Waals surface area contributed by atoms with Crippen molar-refractivity contribution < 1.29 is 23.1 Å². The number of nitrogens with one attached hydrogen (secondary N) is 1. The summed E-state index contributed by atoms with van der Waals surface area (Å²) >= 11 is 5.86. The molecule has 0 radical (unpaired) electrons. The lowest BCUT2D eigenvalue weighted by atomic mass is 10.0. The fraction of sp³-hybridized carbons (Fsp3) is 0.0435. The number of nitrogens with zero attached hydrogens (tertiary/aromatic N) is 1. The highest BCUT2D eigenvalue weighted by Gasteiger charge is 2.41. The Kier molecular flexibility index (Phi) is 5.44. The van der Waals surface area contributed by atoms with E-state index in [2.05, 4.69) is 5.32 Å². The predicted molar refractivity (Wildman–Crippen MR) is 114 cm³/mol. The topological polar surface area (TPSA) is 58.6 Å². The minimum absolute atomic E-state index is 0.0344. The molecule has 3 aromatic carbocycles. The Hall–Kier alpha value is -3.71. The fourth-order valence-corrected chi connectivity index (χ4v) is 3.49. The van der Waals surface area contributed by atoms with Crippen molar-refractivity contribution in [2.24, 2.45) is 0 Å². The van der Waals surface area contributed by atoms with Crippen LogP contribution in [0.5, 0.6) is 5.75 Å². The number of carbonyl (C=O) groups is 2. The molecule has 31 heavy (non-hydrogen) atoms. The summed E-state index contributed by atoms with van der Waals surface area (Å²) < 4.78 is 32.7. The molecule has 0 atom stereocenters. The van der Waals surface area contributed by atoms with Crippen LogP contribution in [0.4, 0.5) is 20.2 Å². The average Bonchev–Trinajstić information content (AvgIpc) is 2.99. The molecule has 2 amide bonds. The van der Waals surface area contributed by atoms with E-state index in [1.54, 1.807) is 30.3 Å². The van der Waals surface area contributed by atoms with Gasteiger partial charge < -0.3 is 10.1 Å². The normalized spacial score (nSPS) is 13.7. The van der Waals surface area contributed by atoms with Gasteiger partial charge in [-0.3, -0.25) is 9.59 Å². The molecular formula is C23H15ClF2N2O3. The zero-order valence-corrected chi connectivity index (χ0v) is 16.9. The summed E-state index contributed by atoms with van der Waals surface area (Å²) in [7, 11) is 1.44. The van der Waals surface area contributed by atoms with Crippen molar-refractivity contribution in [1.82, 2.24) is 0 Å². The van der Waals surface area contributed by atoms with Crippen LogP contribution in [0.25, 0.3) is 5.57 Å². The number of para-hydroxylation sites is 1. The van der Waals surface area contributed by atoms with Crippen LogP contribution in [0.3, 0.4) is 0 Å². The lowest BCUT2D eigenvalue weighted by Gasteiger charge is -2.16. The summed E-state index contributed by atoms with van der Waals surface area (Å²) in [4.78, 5) is 27.6. The van der Waals surface area contributed by atoms with Gasteiger partial charge in [0.2, 0.25) is 0 Å². The number of anilines is 2. The van der Waals surface area contributed by atoms with Gasteiger partial charge in [0, 0.05) is 11.3 Å². The van der Waals surface area contributed by atoms with Gasteiger partial charge in [0.15, 0.2) is 0 Å². The largest absolute Gasteiger partial charge is 0.496 e. The van der Waals surface area contributed by atoms with Gasteiger partial charge in [0.1, 0.15) is 23.1 Å². The van der Waals surface area contributed by atoms with Crippen LogP contribution in [0.2, 0.25) is 5.02 Å². The van der Waals surface area contributed by atoms with Crippen LogP contribution in [0, 0.1) is 11.6 Å². The summed E-state index contributed by atoms with van der Waals surface area (Å²) in [6.07, 6.45) is 0. The summed E-state index contributed by atoms with van der Waals surface area (Å²) in [5, 5.41) is 2.62. The minimum atomic E-state index is -0.696. The van der Waals surface area contributed by atoms with Crippen molar-refractivity contribution in [3.63, 3.8) is 0 Å². The number of carbonyl (C=O) groups excluding carboxylic acids is 2. The quantitative estimate of drug-likeness (QED) is 0.566. The zero-order valence-electron chi connectivity index (χ0n) is 16.2. The smallest absolute Gasteiger partial charge is 0.282 e. The fourth-order valence-electron chi connectivity index (χ4n) is 3.32. The van der Waals surface area contributed by atoms with Crippen LogP contribution in [0.15, 0.2) is 72.4 Å². The van der Waals surface area contributed by atoms with Crippen molar-refractivity contribution in [1.29, 1.82) is 0 Å². The number of benzene rings is 3. The first kappa shape index (κ1) is 20.6. The first-order chi connectivity index (χ1) is 14.9. The van der Waals surface area contributed by atoms with Gasteiger partial charge in [0.05, 0.1) is 23.4 Å². The molecule has 0 spiro atoms. The van der Waals surface area contributed by atoms with Crippen molar-refractivity contribution in [3.05, 3.63) is 94.6 Å². The minimum Gasteiger partial charge on any atom is -0.496 e. The van der Waals surface area contributed by atoms with Gasteiger partial charge in [-0.2, -0.15) is 0 Å². The molecule has 0 fully saturated rings. The zero-order chi connectivity index (χ0) is 22.1. The summed E-state index contributed by atoms with van der Waals surface area (Å²) in [6.45, 7) is 0. The maximum atomic E-state index is 13.7. The van der Waals surface area contributed by atoms with Crippen LogP contribution < -0.4 is 15.0 Å². The van der Waals surface area contributed by atoms with Gasteiger partial charge in [-0.25, -0.2) is 13.7 Å². The van der Waals surface area contributed by atoms with Crippen LogP contribution >= 0.6 is 11.6 Å². The van der Waals surface area contributed by atoms with Gasteiger partial charge in [-0.05, 0) is 42.5 Å². The predicted octanol–water partition coefficient (Wildman–Crippen LogP) is 5.02. The molecule has 156 valence electrons. The van der Waals surface area contributed by atoms with Gasteiger partial charge >= 0.3 is 0 Å². The maximum Gasteiger partial charge on any atom is 0.282 e. The molecule has 0 aliphatic carbocycles. The van der Waals surface area contributed by atoms with Crippen molar-refractivity contribution in [2.45, 2.75) is 0 Å². The number of amides is 2. The highest BCUT2D eigenvalue weighted by Crippen LogP contribution is 2.38. The lowest BCUT2D eigenvalue weighted by molar-refractivity contribution is -0.120. The Labute approximate surface area is 181 Å². The summed E-state index contributed by atoms with van der Waals surface area (Å²) in [5.41, 5.74) is 0.720. The molecule has 3 aromatic rings. The van der Waals surface area contributed by atoms with Crippen LogP contribution in [0.1, 0.15) is 5.56 Å². The monoisotopic (exact) mass is 440 g/mol. The molecular weight excluding hydrogens is 426 g/mol. The van der Waals surface area contributed by atoms with E-state index in [4.69, 9.17) is 16.3 Å². The van der Waals surface area contributed by atoms with Crippen molar-refractivity contribution >= 4 is 40.4 Å². The Morgan fingerprint density at radius 2 is 1.71 bits per heavy atom. The first-order valence-corrected chi connectivity index (χ1v) is 9.52. The molecule has 0 aromatic heterocycles. The number of hydrogen-bond donors (Lipinski definition) is 1. The lowest BCUT2D eigenvalue weighted by Crippen LogP contribution is -2.32. The molecule has 8 heteroatoms. The third kappa shape index (κ3) is 3.75. The van der Waals surface area contributed by atoms with E-state index < -0.39 is 23.4 Å². The molecule has 5 nitrogen and oxygen atoms in total. The Balaban J connectivity index is 1.87. The average molecular weight is 441 g/mol. The highest BCUT2D eigenvalue weighted by molar-refractivity contribution is 6.46. The van der Waals surface area contributed by atoms with Crippen molar-refractivity contribution in [3.8, 4) is 5.75 Å². The third-order valence-electron chi connectivity index (χ3n) is 4.72. The Morgan fingerprint density at radius 3 is 2.42 bits per heavy atom. The SMILES string of the molecule is COc1ccccc1C1=C(Nc2cccc(F)c2)C(=O)N(c2ccc(F)c(Cl)c2)C1=O. The molecule has 1 aliphatic heterocycles. The highest BCUT2D eigenvalue weighted by atomic mass is 35.5. The second-order valence-corrected chi connectivity index (χ2v) is 7.04. The second kappa shape index (κ2) is 8.20. The standard InChI is InChI=1S/C23H15ClF2N2O3/c1-31-19-8-3-2-7-16(19)20-21(27-14-6-4-5-13(25)11-14)23(30)28(22(20)29)15-9-10-18(26)17(24)12-15/h2-12,27H,1H3. The van der Waals surface area contributed by atoms with E-state index in [1.807, 2.05) is 0 Å². The van der Waals surface area contributed by atoms with E-state index >= 15 is 0 Å². The van der Waals surface area contributed by atoms with Gasteiger partial charge in [0.25, 0.3) is 11.8 Å². The number of ether oxygens (including phenoxy) is 1. The molecule has 1 N–H and O–H groups in total. The summed E-state index contributed by atoms with van der Waals surface area (Å²) in [5.74, 6) is -2.17. The molecule has 0 bridgehead atoms. The van der Waals surface area contributed by atoms with E-state index in [-0.39, 0.29) is 27.7 Å². The molecule has 1 aliphatic rings. The van der Waals surface area contributed by atoms with E-state index in [0.717, 1.165) is 11.0 Å². The molecule has 0 saturated heterocycles. The molecule has 1 heterocycles. The number of methoxy groups -OCH3 is 1. The first-order valence-electron chi connectivity index (χ1n) is 9.15. The number of hydrogen-bond acceptors (Lipinski definition) is 4. The molecule has 0 unspecified atom stereocenters. The number of rotatable bonds is 5. The van der Waals surface area contributed by atoms with E-state index in [9.17, 15) is 18.4 Å². The van der Waals surface area contributed by atoms with Crippen LogP contribution in [-0.2, 0) is 9.59 Å². The van der Waals surface area contributed by atoms with Crippen LogP contribution in [-0.4, -0.2) is 18.9 Å². The molecule has 4 rings (SSSR count). The Morgan fingerprint density at radius 1 is 0.935 bits per heavy atom. The van der Waals surface area contributed by atoms with Gasteiger partial charge in [-0.1, -0.05) is 35.9 Å². The Bertz CT molecular complexity index is 1240. The van der Waals surface area contributed by atoms with E-state index in [0.29, 0.717) is 11.3 Å². The van der Waals surface area contributed by atoms with Crippen molar-refractivity contribution in [2.75, 3.05) is 17.3 Å². The maximum absolute atomic E-state index is 13.7. The number of imide groups is 1. The van der Waals surface area contributed by atoms with E-state index in [1.165, 1.54) is 37.4 Å². The second-order valence-electron chi connectivity index (χ2n) is 6.63. The van der Waals surface area contributed by atoms with Gasteiger partial charge in [-0.15, -0.1) is 0 Å². The number of halogens is 3. The third-order valence-corrected chi connectivity index (χ3v) is 5.01. The molecule has 0 saturated carbocycles.